The Morgan fingerprint density at radius 2 is 1.76 bits per heavy atom. The quantitative estimate of drug-likeness (QED) is 0.491. The third-order valence-electron chi connectivity index (χ3n) is 5.98. The van der Waals surface area contributed by atoms with E-state index in [0.717, 1.165) is 10.9 Å². The van der Waals surface area contributed by atoms with Crippen molar-refractivity contribution in [2.24, 2.45) is 0 Å². The largest absolute Gasteiger partial charge is 0.490 e. The van der Waals surface area contributed by atoms with E-state index in [2.05, 4.69) is 0 Å². The van der Waals surface area contributed by atoms with Crippen LogP contribution < -0.4 is 0 Å². The first-order chi connectivity index (χ1) is 15.4. The lowest BCUT2D eigenvalue weighted by Gasteiger charge is -2.49. The second-order valence-corrected chi connectivity index (χ2v) is 10.4. The van der Waals surface area contributed by atoms with Crippen molar-refractivity contribution in [3.8, 4) is 0 Å². The molecule has 0 radical (unpaired) electrons. The van der Waals surface area contributed by atoms with Crippen LogP contribution in [-0.2, 0) is 26.1 Å². The Balaban J connectivity index is 1.59. The highest BCUT2D eigenvalue weighted by Gasteiger charge is 2.49. The number of likely N-dealkylation sites (tertiary alicyclic amines) is 1. The van der Waals surface area contributed by atoms with Crippen molar-refractivity contribution in [2.45, 2.75) is 49.5 Å². The summed E-state index contributed by atoms with van der Waals surface area (Å²) in [6.07, 6.45) is -2.97. The van der Waals surface area contributed by atoms with Crippen molar-refractivity contribution in [3.05, 3.63) is 66.4 Å². The number of alkyl halides is 3. The number of halogens is 3. The molecular weight excluding hydrogens is 457 g/mol. The van der Waals surface area contributed by atoms with Crippen LogP contribution in [0.4, 0.5) is 13.2 Å². The number of esters is 1. The normalized spacial score (nSPS) is 17.7. The van der Waals surface area contributed by atoms with Gasteiger partial charge in [0.05, 0.1) is 16.5 Å². The monoisotopic (exact) mass is 480 g/mol. The highest BCUT2D eigenvalue weighted by Crippen LogP contribution is 2.35. The molecular formula is C23H23F3N2O4S. The van der Waals surface area contributed by atoms with Crippen LogP contribution >= 0.6 is 0 Å². The summed E-state index contributed by atoms with van der Waals surface area (Å²) < 4.78 is 70.2. The topological polar surface area (TPSA) is 68.6 Å². The molecule has 4 rings (SSSR count). The molecule has 3 aromatic rings. The maximum Gasteiger partial charge on any atom is 0.490 e. The third kappa shape index (κ3) is 4.37. The van der Waals surface area contributed by atoms with E-state index >= 15 is 0 Å². The summed E-state index contributed by atoms with van der Waals surface area (Å²) in [5, 5.41) is 0.729. The zero-order valence-electron chi connectivity index (χ0n) is 18.0. The fourth-order valence-corrected chi connectivity index (χ4v) is 5.63. The van der Waals surface area contributed by atoms with Crippen LogP contribution in [0.15, 0.2) is 65.7 Å². The van der Waals surface area contributed by atoms with Gasteiger partial charge >= 0.3 is 12.1 Å². The number of rotatable bonds is 6. The minimum Gasteiger partial charge on any atom is -0.451 e. The van der Waals surface area contributed by atoms with Crippen molar-refractivity contribution in [2.75, 3.05) is 6.54 Å². The van der Waals surface area contributed by atoms with Crippen molar-refractivity contribution >= 4 is 26.9 Å². The number of nitrogens with zero attached hydrogens (tertiary/aromatic N) is 2. The molecule has 10 heteroatoms. The molecule has 1 fully saturated rings. The Hall–Kier alpha value is -2.85. The van der Waals surface area contributed by atoms with E-state index in [1.54, 1.807) is 36.4 Å². The van der Waals surface area contributed by atoms with Crippen LogP contribution in [0.3, 0.4) is 0 Å². The highest BCUT2D eigenvalue weighted by molar-refractivity contribution is 7.90. The first kappa shape index (κ1) is 23.3. The molecule has 0 spiro atoms. The average molecular weight is 481 g/mol. The van der Waals surface area contributed by atoms with Crippen molar-refractivity contribution in [1.29, 1.82) is 0 Å². The van der Waals surface area contributed by atoms with E-state index in [-0.39, 0.29) is 4.90 Å². The number of carbonyl (C=O) groups is 1. The Bertz CT molecular complexity index is 1280. The number of carbonyl (C=O) groups excluding carboxylic acids is 1. The van der Waals surface area contributed by atoms with E-state index in [1.807, 2.05) is 11.0 Å². The molecule has 33 heavy (non-hydrogen) atoms. The van der Waals surface area contributed by atoms with E-state index in [0.29, 0.717) is 25.0 Å². The van der Waals surface area contributed by atoms with Gasteiger partial charge in [-0.15, -0.1) is 0 Å². The predicted octanol–water partition coefficient (Wildman–Crippen LogP) is 4.34. The van der Waals surface area contributed by atoms with Gasteiger partial charge < -0.3 is 4.74 Å². The van der Waals surface area contributed by atoms with Crippen molar-refractivity contribution in [3.63, 3.8) is 0 Å². The molecule has 2 heterocycles. The van der Waals surface area contributed by atoms with Gasteiger partial charge in [0, 0.05) is 24.7 Å². The second kappa shape index (κ2) is 8.18. The summed E-state index contributed by atoms with van der Waals surface area (Å²) >= 11 is 0. The molecule has 6 nitrogen and oxygen atoms in total. The average Bonchev–Trinajstić information content (AvgIpc) is 3.16. The van der Waals surface area contributed by atoms with Gasteiger partial charge in [0.15, 0.2) is 0 Å². The summed E-state index contributed by atoms with van der Waals surface area (Å²) in [5.41, 5.74) is 0.00905. The standard InChI is InChI=1S/C23H23F3N2O4S/c1-22(2,32-21(29)23(24,25)26)20-12-13-27(20)15-16-7-6-10-19-18(16)11-14-28(19)33(30,31)17-8-4-3-5-9-17/h3-11,14,20H,12-13,15H2,1-2H3/t20-/m0/s1. The highest BCUT2D eigenvalue weighted by atomic mass is 32.2. The molecule has 0 saturated carbocycles. The number of hydrogen-bond acceptors (Lipinski definition) is 5. The van der Waals surface area contributed by atoms with Gasteiger partial charge in [-0.2, -0.15) is 13.2 Å². The fourth-order valence-electron chi connectivity index (χ4n) is 4.26. The van der Waals surface area contributed by atoms with Gasteiger partial charge in [-0.05, 0) is 50.1 Å². The smallest absolute Gasteiger partial charge is 0.451 e. The third-order valence-corrected chi connectivity index (χ3v) is 7.69. The van der Waals surface area contributed by atoms with E-state index < -0.39 is 33.8 Å². The van der Waals surface area contributed by atoms with Gasteiger partial charge in [0.2, 0.25) is 0 Å². The van der Waals surface area contributed by atoms with Crippen LogP contribution in [0.2, 0.25) is 0 Å². The number of hydrogen-bond donors (Lipinski definition) is 0. The molecule has 2 aromatic carbocycles. The maximum absolute atomic E-state index is 13.1. The molecule has 1 aliphatic rings. The van der Waals surface area contributed by atoms with Crippen molar-refractivity contribution in [1.82, 2.24) is 8.87 Å². The molecule has 0 amide bonds. The van der Waals surface area contributed by atoms with Crippen molar-refractivity contribution < 1.29 is 31.1 Å². The van der Waals surface area contributed by atoms with Gasteiger partial charge in [-0.1, -0.05) is 30.3 Å². The molecule has 0 N–H and O–H groups in total. The van der Waals surface area contributed by atoms with Gasteiger partial charge in [-0.3, -0.25) is 4.90 Å². The second-order valence-electron chi connectivity index (χ2n) is 8.55. The van der Waals surface area contributed by atoms with Crippen LogP contribution in [0.5, 0.6) is 0 Å². The Kier molecular flexibility index (Phi) is 5.78. The summed E-state index contributed by atoms with van der Waals surface area (Å²) in [6.45, 7) is 3.94. The summed E-state index contributed by atoms with van der Waals surface area (Å²) in [7, 11) is -3.78. The first-order valence-electron chi connectivity index (χ1n) is 10.3. The number of fused-ring (bicyclic) bond motifs is 1. The van der Waals surface area contributed by atoms with E-state index in [9.17, 15) is 26.4 Å². The summed E-state index contributed by atoms with van der Waals surface area (Å²) in [4.78, 5) is 13.5. The molecule has 176 valence electrons. The summed E-state index contributed by atoms with van der Waals surface area (Å²) in [5.74, 6) is -2.20. The Morgan fingerprint density at radius 1 is 1.06 bits per heavy atom. The number of benzene rings is 2. The molecule has 1 saturated heterocycles. The number of ether oxygens (including phenoxy) is 1. The fraction of sp³-hybridized carbons (Fsp3) is 0.348. The van der Waals surface area contributed by atoms with Crippen LogP contribution in [0.1, 0.15) is 25.8 Å². The first-order valence-corrected chi connectivity index (χ1v) is 11.8. The zero-order chi connectivity index (χ0) is 24.0. The zero-order valence-corrected chi connectivity index (χ0v) is 18.9. The van der Waals surface area contributed by atoms with Crippen LogP contribution in [-0.4, -0.2) is 47.6 Å². The maximum atomic E-state index is 13.1. The van der Waals surface area contributed by atoms with Crippen LogP contribution in [0.25, 0.3) is 10.9 Å². The minimum absolute atomic E-state index is 0.170. The van der Waals surface area contributed by atoms with E-state index in [1.165, 1.54) is 36.1 Å². The van der Waals surface area contributed by atoms with Gasteiger partial charge in [0.1, 0.15) is 5.60 Å². The van der Waals surface area contributed by atoms with Gasteiger partial charge in [0.25, 0.3) is 10.0 Å². The molecule has 1 atom stereocenters. The molecule has 0 unspecified atom stereocenters. The van der Waals surface area contributed by atoms with Gasteiger partial charge in [-0.25, -0.2) is 17.2 Å². The lowest BCUT2D eigenvalue weighted by molar-refractivity contribution is -0.220. The molecule has 1 aromatic heterocycles. The van der Waals surface area contributed by atoms with E-state index in [4.69, 9.17) is 4.74 Å². The summed E-state index contributed by atoms with van der Waals surface area (Å²) in [6, 6.07) is 14.7. The Labute approximate surface area is 189 Å². The lowest BCUT2D eigenvalue weighted by Crippen LogP contribution is -2.60. The number of aromatic nitrogens is 1. The SMILES string of the molecule is CC(C)(OC(=O)C(F)(F)F)[C@@H]1CCN1Cc1cccc2c1ccn2S(=O)(=O)c1ccccc1. The lowest BCUT2D eigenvalue weighted by atomic mass is 9.87. The predicted molar refractivity (Wildman–Crippen MR) is 116 cm³/mol. The minimum atomic E-state index is -5.05. The molecule has 0 aliphatic carbocycles. The molecule has 0 bridgehead atoms. The Morgan fingerprint density at radius 3 is 2.36 bits per heavy atom. The molecule has 1 aliphatic heterocycles. The van der Waals surface area contributed by atoms with Crippen LogP contribution in [0, 0.1) is 0 Å².